The normalized spacial score (nSPS) is 9.42. The Morgan fingerprint density at radius 3 is 2.67 bits per heavy atom. The van der Waals surface area contributed by atoms with Crippen molar-refractivity contribution in [2.24, 2.45) is 5.73 Å². The van der Waals surface area contributed by atoms with Gasteiger partial charge in [0.1, 0.15) is 5.75 Å². The zero-order valence-electron chi connectivity index (χ0n) is 7.00. The summed E-state index contributed by atoms with van der Waals surface area (Å²) in [5.74, 6) is 0.691. The minimum absolute atomic E-state index is 0.458. The van der Waals surface area contributed by atoms with E-state index in [0.717, 1.165) is 5.56 Å². The summed E-state index contributed by atoms with van der Waals surface area (Å²) in [6, 6.07) is 5.26. The molecule has 1 aromatic rings. The van der Waals surface area contributed by atoms with Gasteiger partial charge in [-0.25, -0.2) is 0 Å². The summed E-state index contributed by atoms with van der Waals surface area (Å²) in [7, 11) is 1.58. The number of benzene rings is 1. The molecule has 4 N–H and O–H groups in total. The second-order valence-electron chi connectivity index (χ2n) is 2.48. The highest BCUT2D eigenvalue weighted by atomic mass is 16.5. The molecule has 0 radical (unpaired) electrons. The number of rotatable bonds is 2. The molecule has 0 atom stereocenters. The molecule has 0 unspecified atom stereocenters. The van der Waals surface area contributed by atoms with Crippen molar-refractivity contribution in [2.75, 3.05) is 12.8 Å². The van der Waals surface area contributed by atoms with Gasteiger partial charge < -0.3 is 16.2 Å². The molecule has 1 rings (SSSR count). The molecule has 0 heterocycles. The van der Waals surface area contributed by atoms with Gasteiger partial charge >= 0.3 is 0 Å². The first-order valence-electron chi connectivity index (χ1n) is 3.53. The fraction of sp³-hybridized carbons (Fsp3) is 0.111. The van der Waals surface area contributed by atoms with Crippen molar-refractivity contribution in [3.8, 4) is 5.75 Å². The van der Waals surface area contributed by atoms with Crippen LogP contribution in [0.1, 0.15) is 5.56 Å². The van der Waals surface area contributed by atoms with Gasteiger partial charge in [0.05, 0.1) is 7.11 Å². The first-order chi connectivity index (χ1) is 5.65. The molecule has 0 saturated heterocycles. The molecule has 12 heavy (non-hydrogen) atoms. The minimum atomic E-state index is 0.458. The van der Waals surface area contributed by atoms with Crippen molar-refractivity contribution in [3.63, 3.8) is 0 Å². The largest absolute Gasteiger partial charge is 0.496 e. The van der Waals surface area contributed by atoms with Crippen LogP contribution in [0.15, 0.2) is 24.8 Å². The van der Waals surface area contributed by atoms with Crippen molar-refractivity contribution in [1.29, 1.82) is 0 Å². The Hall–Kier alpha value is -1.64. The van der Waals surface area contributed by atoms with E-state index < -0.39 is 0 Å². The van der Waals surface area contributed by atoms with Crippen LogP contribution in [-0.2, 0) is 0 Å². The highest BCUT2D eigenvalue weighted by Gasteiger charge is 2.03. The van der Waals surface area contributed by atoms with Crippen LogP contribution in [0.25, 0.3) is 5.70 Å². The summed E-state index contributed by atoms with van der Waals surface area (Å²) in [6.07, 6.45) is 0. The van der Waals surface area contributed by atoms with Crippen LogP contribution in [0.3, 0.4) is 0 Å². The SMILES string of the molecule is C=C(N)c1cc(N)ccc1OC. The lowest BCUT2D eigenvalue weighted by Gasteiger charge is -2.07. The Labute approximate surface area is 71.6 Å². The number of hydrogen-bond donors (Lipinski definition) is 2. The second-order valence-corrected chi connectivity index (χ2v) is 2.48. The van der Waals surface area contributed by atoms with Crippen LogP contribution in [0.4, 0.5) is 5.69 Å². The van der Waals surface area contributed by atoms with Gasteiger partial charge in [0, 0.05) is 16.9 Å². The number of anilines is 1. The van der Waals surface area contributed by atoms with Crippen LogP contribution in [0.2, 0.25) is 0 Å². The van der Waals surface area contributed by atoms with E-state index in [0.29, 0.717) is 17.1 Å². The molecule has 3 heteroatoms. The van der Waals surface area contributed by atoms with Crippen LogP contribution >= 0.6 is 0 Å². The maximum absolute atomic E-state index is 5.57. The van der Waals surface area contributed by atoms with Gasteiger partial charge in [-0.3, -0.25) is 0 Å². The molecule has 64 valence electrons. The van der Waals surface area contributed by atoms with Crippen LogP contribution in [0, 0.1) is 0 Å². The van der Waals surface area contributed by atoms with Gasteiger partial charge in [0.15, 0.2) is 0 Å². The van der Waals surface area contributed by atoms with Gasteiger partial charge in [0.25, 0.3) is 0 Å². The van der Waals surface area contributed by atoms with Crippen molar-refractivity contribution in [1.82, 2.24) is 0 Å². The van der Waals surface area contributed by atoms with Crippen molar-refractivity contribution in [2.45, 2.75) is 0 Å². The van der Waals surface area contributed by atoms with Crippen molar-refractivity contribution in [3.05, 3.63) is 30.3 Å². The molecule has 0 aromatic heterocycles. The fourth-order valence-electron chi connectivity index (χ4n) is 0.977. The number of nitrogens with two attached hydrogens (primary N) is 2. The smallest absolute Gasteiger partial charge is 0.128 e. The van der Waals surface area contributed by atoms with Crippen molar-refractivity contribution >= 4 is 11.4 Å². The number of hydrogen-bond acceptors (Lipinski definition) is 3. The molecule has 0 fully saturated rings. The Morgan fingerprint density at radius 2 is 2.17 bits per heavy atom. The number of ether oxygens (including phenoxy) is 1. The quantitative estimate of drug-likeness (QED) is 0.646. The molecular formula is C9H12N2O. The predicted octanol–water partition coefficient (Wildman–Crippen LogP) is 1.21. The van der Waals surface area contributed by atoms with E-state index in [-0.39, 0.29) is 0 Å². The Morgan fingerprint density at radius 1 is 1.50 bits per heavy atom. The van der Waals surface area contributed by atoms with E-state index in [1.54, 1.807) is 25.3 Å². The van der Waals surface area contributed by atoms with E-state index in [9.17, 15) is 0 Å². The number of nitrogen functional groups attached to an aromatic ring is 1. The van der Waals surface area contributed by atoms with E-state index in [4.69, 9.17) is 16.2 Å². The molecule has 0 bridgehead atoms. The first-order valence-corrected chi connectivity index (χ1v) is 3.53. The molecule has 0 saturated carbocycles. The molecule has 1 aromatic carbocycles. The average Bonchev–Trinajstić information content (AvgIpc) is 2.04. The molecule has 0 spiro atoms. The zero-order valence-corrected chi connectivity index (χ0v) is 7.00. The van der Waals surface area contributed by atoms with Gasteiger partial charge in [-0.15, -0.1) is 0 Å². The third kappa shape index (κ3) is 1.50. The Bertz CT molecular complexity index is 307. The van der Waals surface area contributed by atoms with Gasteiger partial charge in [-0.2, -0.15) is 0 Å². The molecule has 0 aliphatic carbocycles. The third-order valence-electron chi connectivity index (χ3n) is 1.57. The van der Waals surface area contributed by atoms with E-state index in [2.05, 4.69) is 6.58 Å². The molecule has 0 amide bonds. The molecular weight excluding hydrogens is 152 g/mol. The summed E-state index contributed by atoms with van der Waals surface area (Å²) in [6.45, 7) is 3.62. The van der Waals surface area contributed by atoms with Gasteiger partial charge in [-0.1, -0.05) is 6.58 Å². The van der Waals surface area contributed by atoms with E-state index in [1.807, 2.05) is 0 Å². The van der Waals surface area contributed by atoms with Crippen LogP contribution < -0.4 is 16.2 Å². The van der Waals surface area contributed by atoms with Gasteiger partial charge in [0.2, 0.25) is 0 Å². The maximum atomic E-state index is 5.57. The molecule has 3 nitrogen and oxygen atoms in total. The summed E-state index contributed by atoms with van der Waals surface area (Å²) in [5.41, 5.74) is 13.0. The topological polar surface area (TPSA) is 61.3 Å². The highest BCUT2D eigenvalue weighted by molar-refractivity contribution is 5.69. The standard InChI is InChI=1S/C9H12N2O/c1-6(10)8-5-7(11)3-4-9(8)12-2/h3-5H,1,10-11H2,2H3. The van der Waals surface area contributed by atoms with E-state index >= 15 is 0 Å². The summed E-state index contributed by atoms with van der Waals surface area (Å²) in [4.78, 5) is 0. The molecule has 0 aliphatic rings. The lowest BCUT2D eigenvalue weighted by molar-refractivity contribution is 0.413. The van der Waals surface area contributed by atoms with Crippen molar-refractivity contribution < 1.29 is 4.74 Å². The summed E-state index contributed by atoms with van der Waals surface area (Å²) in [5, 5.41) is 0. The zero-order chi connectivity index (χ0) is 9.14. The molecule has 0 aliphatic heterocycles. The van der Waals surface area contributed by atoms with Crippen LogP contribution in [0.5, 0.6) is 5.75 Å². The maximum Gasteiger partial charge on any atom is 0.128 e. The second kappa shape index (κ2) is 3.17. The monoisotopic (exact) mass is 164 g/mol. The van der Waals surface area contributed by atoms with Gasteiger partial charge in [-0.05, 0) is 18.2 Å². The minimum Gasteiger partial charge on any atom is -0.496 e. The lowest BCUT2D eigenvalue weighted by atomic mass is 10.1. The third-order valence-corrected chi connectivity index (χ3v) is 1.57. The summed E-state index contributed by atoms with van der Waals surface area (Å²) < 4.78 is 5.07. The number of methoxy groups -OCH3 is 1. The summed E-state index contributed by atoms with van der Waals surface area (Å²) >= 11 is 0. The van der Waals surface area contributed by atoms with Crippen LogP contribution in [-0.4, -0.2) is 7.11 Å². The Kier molecular flexibility index (Phi) is 2.24. The average molecular weight is 164 g/mol. The predicted molar refractivity (Wildman–Crippen MR) is 50.6 cm³/mol. The Balaban J connectivity index is 3.21. The first kappa shape index (κ1) is 8.46. The highest BCUT2D eigenvalue weighted by Crippen LogP contribution is 2.24. The van der Waals surface area contributed by atoms with E-state index in [1.165, 1.54) is 0 Å². The fourth-order valence-corrected chi connectivity index (χ4v) is 0.977. The lowest BCUT2D eigenvalue weighted by Crippen LogP contribution is -1.99.